The van der Waals surface area contributed by atoms with Crippen LogP contribution in [-0.2, 0) is 16.4 Å². The van der Waals surface area contributed by atoms with Crippen molar-refractivity contribution in [2.45, 2.75) is 45.6 Å². The molecule has 2 aromatic rings. The molecular weight excluding hydrogens is 414 g/mol. The number of aliphatic hydroxyl groups excluding tert-OH is 1. The van der Waals surface area contributed by atoms with Crippen LogP contribution in [-0.4, -0.2) is 47.4 Å². The standard InChI is InChI=1S/C19H28ClN5O3S/c1-12(2)8-16(11-26)21-18-22-17(23-19(24-18)25-29(4,27)28)9-13(3)14-6-5-7-15(20)10-14/h5-7,10,12-13,16,26H,8-9,11H2,1-4H3,(H2,21,22,23,24,25). The monoisotopic (exact) mass is 441 g/mol. The van der Waals surface area contributed by atoms with Crippen molar-refractivity contribution in [3.63, 3.8) is 0 Å². The Morgan fingerprint density at radius 3 is 2.41 bits per heavy atom. The Bertz CT molecular complexity index is 924. The largest absolute Gasteiger partial charge is 0.394 e. The lowest BCUT2D eigenvalue weighted by Crippen LogP contribution is -2.27. The van der Waals surface area contributed by atoms with E-state index in [4.69, 9.17) is 11.6 Å². The number of sulfonamides is 1. The van der Waals surface area contributed by atoms with Crippen LogP contribution in [0.1, 0.15) is 44.5 Å². The minimum atomic E-state index is -3.55. The Kier molecular flexibility index (Phi) is 8.18. The Hall–Kier alpha value is -1.97. The van der Waals surface area contributed by atoms with Gasteiger partial charge >= 0.3 is 0 Å². The molecule has 3 N–H and O–H groups in total. The second-order valence-corrected chi connectivity index (χ2v) is 9.77. The summed E-state index contributed by atoms with van der Waals surface area (Å²) in [5.74, 6) is 1.01. The van der Waals surface area contributed by atoms with E-state index < -0.39 is 10.0 Å². The maximum absolute atomic E-state index is 11.6. The molecule has 2 atom stereocenters. The highest BCUT2D eigenvalue weighted by molar-refractivity contribution is 7.91. The van der Waals surface area contributed by atoms with Crippen LogP contribution in [0.2, 0.25) is 5.02 Å². The van der Waals surface area contributed by atoms with Gasteiger partial charge in [-0.1, -0.05) is 44.5 Å². The van der Waals surface area contributed by atoms with E-state index in [-0.39, 0.29) is 30.5 Å². The summed E-state index contributed by atoms with van der Waals surface area (Å²) < 4.78 is 25.6. The minimum absolute atomic E-state index is 0.0549. The van der Waals surface area contributed by atoms with Crippen LogP contribution in [0.5, 0.6) is 0 Å². The number of hydrogen-bond donors (Lipinski definition) is 3. The van der Waals surface area contributed by atoms with Gasteiger partial charge in [0.1, 0.15) is 5.82 Å². The topological polar surface area (TPSA) is 117 Å². The van der Waals surface area contributed by atoms with Crippen LogP contribution >= 0.6 is 11.6 Å². The molecule has 0 radical (unpaired) electrons. The van der Waals surface area contributed by atoms with Crippen LogP contribution < -0.4 is 10.0 Å². The fourth-order valence-electron chi connectivity index (χ4n) is 2.92. The van der Waals surface area contributed by atoms with Gasteiger partial charge in [-0.3, -0.25) is 4.72 Å². The summed E-state index contributed by atoms with van der Waals surface area (Å²) in [6, 6.07) is 7.29. The molecule has 29 heavy (non-hydrogen) atoms. The smallest absolute Gasteiger partial charge is 0.241 e. The molecule has 0 fully saturated rings. The molecule has 0 amide bonds. The predicted molar refractivity (Wildman–Crippen MR) is 116 cm³/mol. The van der Waals surface area contributed by atoms with Crippen molar-refractivity contribution in [1.82, 2.24) is 15.0 Å². The summed E-state index contributed by atoms with van der Waals surface area (Å²) in [7, 11) is -3.55. The summed E-state index contributed by atoms with van der Waals surface area (Å²) in [5.41, 5.74) is 1.03. The van der Waals surface area contributed by atoms with Gasteiger partial charge in [0, 0.05) is 11.4 Å². The zero-order chi connectivity index (χ0) is 21.6. The molecule has 2 rings (SSSR count). The molecule has 1 heterocycles. The lowest BCUT2D eigenvalue weighted by molar-refractivity contribution is 0.259. The molecule has 0 bridgehead atoms. The van der Waals surface area contributed by atoms with Gasteiger partial charge in [-0.25, -0.2) is 8.42 Å². The molecular formula is C19H28ClN5O3S. The summed E-state index contributed by atoms with van der Waals surface area (Å²) >= 11 is 6.08. The number of benzene rings is 1. The highest BCUT2D eigenvalue weighted by Gasteiger charge is 2.17. The van der Waals surface area contributed by atoms with E-state index in [1.807, 2.05) is 39.0 Å². The first-order valence-corrected chi connectivity index (χ1v) is 11.7. The second-order valence-electron chi connectivity index (χ2n) is 7.59. The van der Waals surface area contributed by atoms with Crippen molar-refractivity contribution < 1.29 is 13.5 Å². The summed E-state index contributed by atoms with van der Waals surface area (Å²) in [6.07, 6.45) is 2.21. The molecule has 0 aliphatic heterocycles. The Morgan fingerprint density at radius 2 is 1.83 bits per heavy atom. The van der Waals surface area contributed by atoms with E-state index in [1.165, 1.54) is 0 Å². The van der Waals surface area contributed by atoms with Gasteiger partial charge in [0.2, 0.25) is 21.9 Å². The number of halogens is 1. The van der Waals surface area contributed by atoms with E-state index >= 15 is 0 Å². The van der Waals surface area contributed by atoms with Crippen LogP contribution in [0.4, 0.5) is 11.9 Å². The fourth-order valence-corrected chi connectivity index (χ4v) is 3.54. The molecule has 0 spiro atoms. The van der Waals surface area contributed by atoms with E-state index in [2.05, 4.69) is 25.0 Å². The molecule has 0 saturated heterocycles. The van der Waals surface area contributed by atoms with Gasteiger partial charge in [-0.05, 0) is 36.0 Å². The summed E-state index contributed by atoms with van der Waals surface area (Å²) in [6.45, 7) is 6.02. The molecule has 8 nitrogen and oxygen atoms in total. The maximum atomic E-state index is 11.6. The van der Waals surface area contributed by atoms with Crippen molar-refractivity contribution in [3.8, 4) is 0 Å². The fraction of sp³-hybridized carbons (Fsp3) is 0.526. The molecule has 1 aromatic carbocycles. The van der Waals surface area contributed by atoms with E-state index in [9.17, 15) is 13.5 Å². The Balaban J connectivity index is 2.30. The minimum Gasteiger partial charge on any atom is -0.394 e. The van der Waals surface area contributed by atoms with E-state index in [0.717, 1.165) is 11.8 Å². The van der Waals surface area contributed by atoms with Crippen molar-refractivity contribution in [2.75, 3.05) is 22.9 Å². The normalized spacial score (nSPS) is 13.9. The number of rotatable bonds is 10. The molecule has 2 unspecified atom stereocenters. The van der Waals surface area contributed by atoms with Crippen molar-refractivity contribution in [3.05, 3.63) is 40.7 Å². The first-order chi connectivity index (χ1) is 13.6. The lowest BCUT2D eigenvalue weighted by Gasteiger charge is -2.19. The third-order valence-electron chi connectivity index (χ3n) is 4.17. The van der Waals surface area contributed by atoms with Crippen molar-refractivity contribution in [1.29, 1.82) is 0 Å². The molecule has 1 aromatic heterocycles. The van der Waals surface area contributed by atoms with Gasteiger partial charge < -0.3 is 10.4 Å². The van der Waals surface area contributed by atoms with Crippen LogP contribution in [0, 0.1) is 5.92 Å². The van der Waals surface area contributed by atoms with Gasteiger partial charge in [0.15, 0.2) is 0 Å². The van der Waals surface area contributed by atoms with Crippen molar-refractivity contribution in [2.24, 2.45) is 5.92 Å². The van der Waals surface area contributed by atoms with Crippen molar-refractivity contribution >= 4 is 33.5 Å². The highest BCUT2D eigenvalue weighted by Crippen LogP contribution is 2.23. The van der Waals surface area contributed by atoms with E-state index in [0.29, 0.717) is 29.6 Å². The number of aliphatic hydroxyl groups is 1. The first-order valence-electron chi connectivity index (χ1n) is 9.41. The Morgan fingerprint density at radius 1 is 1.14 bits per heavy atom. The zero-order valence-corrected chi connectivity index (χ0v) is 18.6. The summed E-state index contributed by atoms with van der Waals surface area (Å²) in [4.78, 5) is 12.8. The van der Waals surface area contributed by atoms with Gasteiger partial charge in [0.25, 0.3) is 0 Å². The SMILES string of the molecule is CC(C)CC(CO)Nc1nc(CC(C)c2cccc(Cl)c2)nc(NS(C)(=O)=O)n1. The average Bonchev–Trinajstić information content (AvgIpc) is 2.59. The molecule has 160 valence electrons. The number of nitrogens with zero attached hydrogens (tertiary/aromatic N) is 3. The Labute approximate surface area is 177 Å². The van der Waals surface area contributed by atoms with Gasteiger partial charge in [0.05, 0.1) is 18.9 Å². The quantitative estimate of drug-likeness (QED) is 0.518. The number of aromatic nitrogens is 3. The molecule has 0 saturated carbocycles. The number of anilines is 2. The second kappa shape index (κ2) is 10.2. The average molecular weight is 442 g/mol. The third kappa shape index (κ3) is 8.12. The predicted octanol–water partition coefficient (Wildman–Crippen LogP) is 3.06. The third-order valence-corrected chi connectivity index (χ3v) is 4.96. The van der Waals surface area contributed by atoms with Gasteiger partial charge in [-0.15, -0.1) is 0 Å². The van der Waals surface area contributed by atoms with Crippen LogP contribution in [0.15, 0.2) is 24.3 Å². The molecule has 10 heteroatoms. The molecule has 0 aliphatic rings. The lowest BCUT2D eigenvalue weighted by atomic mass is 9.97. The van der Waals surface area contributed by atoms with Crippen LogP contribution in [0.25, 0.3) is 0 Å². The number of nitrogens with one attached hydrogen (secondary N) is 2. The zero-order valence-electron chi connectivity index (χ0n) is 17.1. The first kappa shape index (κ1) is 23.3. The highest BCUT2D eigenvalue weighted by atomic mass is 35.5. The maximum Gasteiger partial charge on any atom is 0.241 e. The number of hydrogen-bond acceptors (Lipinski definition) is 7. The summed E-state index contributed by atoms with van der Waals surface area (Å²) in [5, 5.41) is 13.3. The molecule has 0 aliphatic carbocycles. The van der Waals surface area contributed by atoms with Gasteiger partial charge in [-0.2, -0.15) is 15.0 Å². The van der Waals surface area contributed by atoms with Crippen LogP contribution in [0.3, 0.4) is 0 Å². The van der Waals surface area contributed by atoms with E-state index in [1.54, 1.807) is 6.07 Å².